The number of amides is 1. The number of nitrogens with one attached hydrogen (secondary N) is 1. The van der Waals surface area contributed by atoms with Crippen LogP contribution in [0.4, 0.5) is 4.39 Å². The fourth-order valence-corrected chi connectivity index (χ4v) is 2.89. The van der Waals surface area contributed by atoms with Crippen LogP contribution in [0.3, 0.4) is 0 Å². The Kier molecular flexibility index (Phi) is 5.62. The van der Waals surface area contributed by atoms with Crippen molar-refractivity contribution in [1.29, 1.82) is 0 Å². The van der Waals surface area contributed by atoms with Crippen LogP contribution in [0.1, 0.15) is 18.5 Å². The molecule has 140 valence electrons. The van der Waals surface area contributed by atoms with E-state index < -0.39 is 23.5 Å². The van der Waals surface area contributed by atoms with Crippen molar-refractivity contribution < 1.29 is 9.18 Å². The van der Waals surface area contributed by atoms with Crippen molar-refractivity contribution in [1.82, 2.24) is 19.7 Å². The molecule has 0 bridgehead atoms. The van der Waals surface area contributed by atoms with Gasteiger partial charge in [0.15, 0.2) is 0 Å². The predicted octanol–water partition coefficient (Wildman–Crippen LogP) is 3.36. The number of carbonyl (C=O) groups excluding carboxylic acids is 1. The monoisotopic (exact) mass is 408 g/mol. The average Bonchev–Trinajstić information content (AvgIpc) is 2.98. The first-order valence-corrected chi connectivity index (χ1v) is 8.76. The van der Waals surface area contributed by atoms with Crippen LogP contribution >= 0.6 is 23.2 Å². The molecule has 1 heterocycles. The van der Waals surface area contributed by atoms with Crippen molar-refractivity contribution >= 4 is 29.1 Å². The second kappa shape index (κ2) is 7.94. The van der Waals surface area contributed by atoms with Crippen molar-refractivity contribution in [2.24, 2.45) is 0 Å². The fraction of sp³-hybridized carbons (Fsp3) is 0.167. The molecule has 2 aromatic carbocycles. The second-order valence-corrected chi connectivity index (χ2v) is 6.67. The number of aromatic nitrogens is 3. The predicted molar refractivity (Wildman–Crippen MR) is 101 cm³/mol. The van der Waals surface area contributed by atoms with Crippen LogP contribution in [-0.2, 0) is 11.3 Å². The number of nitrogens with zero attached hydrogens (tertiary/aromatic N) is 3. The summed E-state index contributed by atoms with van der Waals surface area (Å²) in [5, 5.41) is 7.04. The molecule has 6 nitrogen and oxygen atoms in total. The molecule has 0 aliphatic rings. The molecule has 0 saturated carbocycles. The lowest BCUT2D eigenvalue weighted by Crippen LogP contribution is -2.34. The summed E-state index contributed by atoms with van der Waals surface area (Å²) < 4.78 is 15.8. The summed E-state index contributed by atoms with van der Waals surface area (Å²) >= 11 is 11.7. The molecule has 0 fully saturated rings. The van der Waals surface area contributed by atoms with Crippen LogP contribution in [0.25, 0.3) is 5.69 Å². The van der Waals surface area contributed by atoms with E-state index >= 15 is 0 Å². The third kappa shape index (κ3) is 4.20. The van der Waals surface area contributed by atoms with Crippen molar-refractivity contribution in [3.63, 3.8) is 0 Å². The van der Waals surface area contributed by atoms with Crippen LogP contribution in [0.5, 0.6) is 0 Å². The number of rotatable bonds is 5. The molecular formula is C18H15Cl2FN4O2. The summed E-state index contributed by atoms with van der Waals surface area (Å²) in [6, 6.07) is 10.6. The largest absolute Gasteiger partial charge is 0.350 e. The van der Waals surface area contributed by atoms with Gasteiger partial charge in [-0.05, 0) is 36.8 Å². The molecule has 1 atom stereocenters. The van der Waals surface area contributed by atoms with E-state index in [0.717, 1.165) is 4.68 Å². The maximum absolute atomic E-state index is 13.6. The van der Waals surface area contributed by atoms with E-state index in [1.165, 1.54) is 23.0 Å². The lowest BCUT2D eigenvalue weighted by Gasteiger charge is -2.14. The Labute approximate surface area is 164 Å². The van der Waals surface area contributed by atoms with Crippen molar-refractivity contribution in [2.75, 3.05) is 0 Å². The maximum atomic E-state index is 13.6. The van der Waals surface area contributed by atoms with Gasteiger partial charge in [-0.1, -0.05) is 41.4 Å². The maximum Gasteiger partial charge on any atom is 0.350 e. The van der Waals surface area contributed by atoms with Gasteiger partial charge in [0.1, 0.15) is 18.7 Å². The molecule has 3 rings (SSSR count). The van der Waals surface area contributed by atoms with Gasteiger partial charge < -0.3 is 5.32 Å². The first kappa shape index (κ1) is 19.1. The van der Waals surface area contributed by atoms with Gasteiger partial charge in [0.2, 0.25) is 5.91 Å². The molecular weight excluding hydrogens is 394 g/mol. The van der Waals surface area contributed by atoms with Gasteiger partial charge >= 0.3 is 5.69 Å². The fourth-order valence-electron chi connectivity index (χ4n) is 2.55. The van der Waals surface area contributed by atoms with Gasteiger partial charge in [0, 0.05) is 0 Å². The number of hydrogen-bond donors (Lipinski definition) is 1. The summed E-state index contributed by atoms with van der Waals surface area (Å²) in [7, 11) is 0. The van der Waals surface area contributed by atoms with Gasteiger partial charge in [0.05, 0.1) is 21.8 Å². The van der Waals surface area contributed by atoms with E-state index in [2.05, 4.69) is 10.4 Å². The summed E-state index contributed by atoms with van der Waals surface area (Å²) in [6.07, 6.45) is 1.30. The zero-order chi connectivity index (χ0) is 19.6. The van der Waals surface area contributed by atoms with E-state index in [4.69, 9.17) is 23.2 Å². The smallest absolute Gasteiger partial charge is 0.348 e. The highest BCUT2D eigenvalue weighted by atomic mass is 35.5. The summed E-state index contributed by atoms with van der Waals surface area (Å²) in [4.78, 5) is 24.7. The van der Waals surface area contributed by atoms with Crippen LogP contribution in [0.15, 0.2) is 53.6 Å². The van der Waals surface area contributed by atoms with Crippen molar-refractivity contribution in [3.8, 4) is 5.69 Å². The number of halogens is 3. The highest BCUT2D eigenvalue weighted by molar-refractivity contribution is 6.32. The van der Waals surface area contributed by atoms with Crippen LogP contribution in [0, 0.1) is 5.82 Å². The Morgan fingerprint density at radius 3 is 2.67 bits per heavy atom. The number of hydrogen-bond acceptors (Lipinski definition) is 3. The lowest BCUT2D eigenvalue weighted by molar-refractivity contribution is -0.122. The number of para-hydroxylation sites is 1. The van der Waals surface area contributed by atoms with E-state index in [0.29, 0.717) is 16.3 Å². The molecule has 1 N–H and O–H groups in total. The molecule has 9 heteroatoms. The topological polar surface area (TPSA) is 68.9 Å². The molecule has 0 saturated heterocycles. The Hall–Kier alpha value is -2.64. The summed E-state index contributed by atoms with van der Waals surface area (Å²) in [5.74, 6) is -1.01. The molecule has 0 unspecified atom stereocenters. The molecule has 3 aromatic rings. The molecule has 0 spiro atoms. The second-order valence-electron chi connectivity index (χ2n) is 5.86. The van der Waals surface area contributed by atoms with Crippen molar-refractivity contribution in [2.45, 2.75) is 19.5 Å². The Morgan fingerprint density at radius 1 is 1.22 bits per heavy atom. The lowest BCUT2D eigenvalue weighted by atomic mass is 10.1. The zero-order valence-electron chi connectivity index (χ0n) is 14.2. The molecule has 1 aromatic heterocycles. The van der Waals surface area contributed by atoms with Crippen LogP contribution < -0.4 is 11.0 Å². The first-order chi connectivity index (χ1) is 12.9. The Balaban J connectivity index is 1.72. The van der Waals surface area contributed by atoms with Gasteiger partial charge in [-0.2, -0.15) is 5.10 Å². The molecule has 0 aliphatic carbocycles. The van der Waals surface area contributed by atoms with Crippen molar-refractivity contribution in [3.05, 3.63) is 80.7 Å². The van der Waals surface area contributed by atoms with E-state index in [9.17, 15) is 14.0 Å². The minimum absolute atomic E-state index is 0.00828. The van der Waals surface area contributed by atoms with Crippen LogP contribution in [-0.4, -0.2) is 20.3 Å². The molecule has 0 aliphatic heterocycles. The summed E-state index contributed by atoms with van der Waals surface area (Å²) in [6.45, 7) is 1.42. The Morgan fingerprint density at radius 2 is 1.96 bits per heavy atom. The minimum atomic E-state index is -0.565. The van der Waals surface area contributed by atoms with E-state index in [1.54, 1.807) is 37.3 Å². The van der Waals surface area contributed by atoms with E-state index in [-0.39, 0.29) is 11.6 Å². The SMILES string of the molecule is C[C@H](NC(=O)Cn1ncn(-c2ccccc2Cl)c1=O)c1ccc(Cl)c(F)c1. The molecule has 0 radical (unpaired) electrons. The third-order valence-corrected chi connectivity index (χ3v) is 4.59. The quantitative estimate of drug-likeness (QED) is 0.703. The van der Waals surface area contributed by atoms with Gasteiger partial charge in [-0.25, -0.2) is 18.4 Å². The average molecular weight is 409 g/mol. The van der Waals surface area contributed by atoms with Crippen LogP contribution in [0.2, 0.25) is 10.0 Å². The standard InChI is InChI=1S/C18H15Cl2FN4O2/c1-11(12-6-7-13(19)15(21)8-12)23-17(26)9-25-18(27)24(10-22-25)16-5-3-2-4-14(16)20/h2-8,10-11H,9H2,1H3,(H,23,26)/t11-/m0/s1. The van der Waals surface area contributed by atoms with E-state index in [1.807, 2.05) is 0 Å². The highest BCUT2D eigenvalue weighted by Crippen LogP contribution is 2.20. The summed E-state index contributed by atoms with van der Waals surface area (Å²) in [5.41, 5.74) is 0.531. The molecule has 1 amide bonds. The Bertz CT molecular complexity index is 1050. The first-order valence-electron chi connectivity index (χ1n) is 8.00. The highest BCUT2D eigenvalue weighted by Gasteiger charge is 2.15. The number of benzene rings is 2. The molecule has 27 heavy (non-hydrogen) atoms. The van der Waals surface area contributed by atoms with Gasteiger partial charge in [-0.3, -0.25) is 4.79 Å². The normalized spacial score (nSPS) is 12.0. The van der Waals surface area contributed by atoms with Gasteiger partial charge in [-0.15, -0.1) is 0 Å². The minimum Gasteiger partial charge on any atom is -0.348 e. The zero-order valence-corrected chi connectivity index (χ0v) is 15.7. The third-order valence-electron chi connectivity index (χ3n) is 3.96. The van der Waals surface area contributed by atoms with Gasteiger partial charge in [0.25, 0.3) is 0 Å². The number of carbonyl (C=O) groups is 1.